The first-order valence-electron chi connectivity index (χ1n) is 7.38. The molecule has 2 amide bonds. The minimum absolute atomic E-state index is 0.0923. The maximum absolute atomic E-state index is 12.4. The van der Waals surface area contributed by atoms with Crippen LogP contribution in [-0.4, -0.2) is 30.5 Å². The van der Waals surface area contributed by atoms with Crippen LogP contribution in [0.1, 0.15) is 33.6 Å². The van der Waals surface area contributed by atoms with Gasteiger partial charge in [0, 0.05) is 24.7 Å². The summed E-state index contributed by atoms with van der Waals surface area (Å²) in [6, 6.07) is 6.96. The Balaban J connectivity index is 2.21. The van der Waals surface area contributed by atoms with Gasteiger partial charge in [-0.1, -0.05) is 13.0 Å². The minimum atomic E-state index is -0.501. The van der Waals surface area contributed by atoms with Crippen molar-refractivity contribution >= 4 is 17.5 Å². The third-order valence-corrected chi connectivity index (χ3v) is 3.62. The zero-order valence-electron chi connectivity index (χ0n) is 12.8. The summed E-state index contributed by atoms with van der Waals surface area (Å²) >= 11 is 0. The molecule has 0 saturated carbocycles. The maximum atomic E-state index is 12.4. The highest BCUT2D eigenvalue weighted by Crippen LogP contribution is 2.24. The second-order valence-corrected chi connectivity index (χ2v) is 5.36. The molecule has 114 valence electrons. The van der Waals surface area contributed by atoms with E-state index in [1.54, 1.807) is 11.8 Å². The van der Waals surface area contributed by atoms with Crippen LogP contribution in [0.15, 0.2) is 24.3 Å². The molecule has 2 atom stereocenters. The van der Waals surface area contributed by atoms with E-state index in [1.165, 1.54) is 0 Å². The molecule has 2 unspecified atom stereocenters. The van der Waals surface area contributed by atoms with Gasteiger partial charge in [0.2, 0.25) is 11.8 Å². The third kappa shape index (κ3) is 3.74. The quantitative estimate of drug-likeness (QED) is 0.924. The molecule has 1 aliphatic rings. The van der Waals surface area contributed by atoms with Crippen molar-refractivity contribution in [3.8, 4) is 5.75 Å². The lowest BCUT2D eigenvalue weighted by Gasteiger charge is -2.23. The van der Waals surface area contributed by atoms with E-state index in [9.17, 15) is 9.59 Å². The average molecular weight is 290 g/mol. The first-order chi connectivity index (χ1) is 10.0. The lowest BCUT2D eigenvalue weighted by Crippen LogP contribution is -2.42. The molecule has 1 heterocycles. The van der Waals surface area contributed by atoms with Crippen LogP contribution in [0, 0.1) is 0 Å². The summed E-state index contributed by atoms with van der Waals surface area (Å²) in [6.45, 7) is 6.17. The summed E-state index contributed by atoms with van der Waals surface area (Å²) in [4.78, 5) is 25.5. The lowest BCUT2D eigenvalue weighted by atomic mass is 10.2. The predicted molar refractivity (Wildman–Crippen MR) is 81.4 cm³/mol. The van der Waals surface area contributed by atoms with E-state index in [0.717, 1.165) is 17.9 Å². The van der Waals surface area contributed by atoms with E-state index in [1.807, 2.05) is 31.2 Å². The average Bonchev–Trinajstić information content (AvgIpc) is 2.59. The monoisotopic (exact) mass is 290 g/mol. The topological polar surface area (TPSA) is 58.6 Å². The molecule has 0 spiro atoms. The molecular formula is C16H22N2O3. The summed E-state index contributed by atoms with van der Waals surface area (Å²) < 4.78 is 5.79. The Labute approximate surface area is 125 Å². The van der Waals surface area contributed by atoms with Crippen LogP contribution in [-0.2, 0) is 9.59 Å². The van der Waals surface area contributed by atoms with Crippen molar-refractivity contribution in [1.82, 2.24) is 5.32 Å². The summed E-state index contributed by atoms with van der Waals surface area (Å²) in [6.07, 6.45) is 1.36. The van der Waals surface area contributed by atoms with Crippen LogP contribution in [0.4, 0.5) is 5.69 Å². The highest BCUT2D eigenvalue weighted by molar-refractivity contribution is 6.01. The number of nitrogens with zero attached hydrogens (tertiary/aromatic N) is 1. The predicted octanol–water partition coefficient (Wildman–Crippen LogP) is 2.11. The Morgan fingerprint density at radius 3 is 2.90 bits per heavy atom. The normalized spacial score (nSPS) is 20.7. The number of amides is 2. The Hall–Kier alpha value is -2.04. The first kappa shape index (κ1) is 15.4. The van der Waals surface area contributed by atoms with Gasteiger partial charge in [0.1, 0.15) is 11.8 Å². The van der Waals surface area contributed by atoms with E-state index in [4.69, 9.17) is 4.74 Å². The van der Waals surface area contributed by atoms with Gasteiger partial charge in [-0.05, 0) is 32.4 Å². The summed E-state index contributed by atoms with van der Waals surface area (Å²) in [5.41, 5.74) is 0.768. The molecule has 5 nitrogen and oxygen atoms in total. The molecule has 5 heteroatoms. The van der Waals surface area contributed by atoms with Crippen LogP contribution in [0.2, 0.25) is 0 Å². The third-order valence-electron chi connectivity index (χ3n) is 3.62. The fraction of sp³-hybridized carbons (Fsp3) is 0.500. The molecule has 2 rings (SSSR count). The lowest BCUT2D eigenvalue weighted by molar-refractivity contribution is -0.125. The van der Waals surface area contributed by atoms with Crippen LogP contribution in [0.25, 0.3) is 0 Å². The summed E-state index contributed by atoms with van der Waals surface area (Å²) in [5.74, 6) is 0.553. The van der Waals surface area contributed by atoms with E-state index < -0.39 is 6.04 Å². The molecule has 1 aromatic carbocycles. The number of carbonyl (C=O) groups excluding carboxylic acids is 2. The Kier molecular flexibility index (Phi) is 4.83. The van der Waals surface area contributed by atoms with E-state index >= 15 is 0 Å². The largest absolute Gasteiger partial charge is 0.491 e. The Bertz CT molecular complexity index is 530. The van der Waals surface area contributed by atoms with E-state index in [2.05, 4.69) is 12.2 Å². The zero-order valence-corrected chi connectivity index (χ0v) is 12.8. The van der Waals surface area contributed by atoms with Crippen LogP contribution in [0.3, 0.4) is 0 Å². The highest BCUT2D eigenvalue weighted by Gasteiger charge is 2.27. The van der Waals surface area contributed by atoms with Crippen molar-refractivity contribution in [2.24, 2.45) is 0 Å². The van der Waals surface area contributed by atoms with Gasteiger partial charge in [0.15, 0.2) is 0 Å². The van der Waals surface area contributed by atoms with E-state index in [0.29, 0.717) is 13.0 Å². The van der Waals surface area contributed by atoms with Gasteiger partial charge in [0.05, 0.1) is 6.10 Å². The second-order valence-electron chi connectivity index (χ2n) is 5.36. The number of hydrogen-bond donors (Lipinski definition) is 1. The SMILES string of the molecule is CCC(C)Oc1cccc(N2CCC(=O)NC(C)C2=O)c1. The van der Waals surface area contributed by atoms with E-state index in [-0.39, 0.29) is 17.9 Å². The Morgan fingerprint density at radius 2 is 2.19 bits per heavy atom. The molecule has 21 heavy (non-hydrogen) atoms. The fourth-order valence-electron chi connectivity index (χ4n) is 2.23. The van der Waals surface area contributed by atoms with Gasteiger partial charge in [-0.25, -0.2) is 0 Å². The molecule has 1 N–H and O–H groups in total. The number of benzene rings is 1. The van der Waals surface area contributed by atoms with Gasteiger partial charge in [0.25, 0.3) is 0 Å². The number of hydrogen-bond acceptors (Lipinski definition) is 3. The van der Waals surface area contributed by atoms with Crippen LogP contribution < -0.4 is 15.0 Å². The molecule has 1 aliphatic heterocycles. The van der Waals surface area contributed by atoms with Gasteiger partial charge in [-0.3, -0.25) is 9.59 Å². The van der Waals surface area contributed by atoms with Crippen molar-refractivity contribution < 1.29 is 14.3 Å². The number of nitrogens with one attached hydrogen (secondary N) is 1. The zero-order chi connectivity index (χ0) is 15.4. The molecule has 0 bridgehead atoms. The standard InChI is InChI=1S/C16H22N2O3/c1-4-11(2)21-14-7-5-6-13(10-14)18-9-8-15(19)17-12(3)16(18)20/h5-7,10-12H,4,8-9H2,1-3H3,(H,17,19). The molecular weight excluding hydrogens is 268 g/mol. The van der Waals surface area contributed by atoms with Gasteiger partial charge in [-0.2, -0.15) is 0 Å². The summed E-state index contributed by atoms with van der Waals surface area (Å²) in [5, 5.41) is 2.69. The first-order valence-corrected chi connectivity index (χ1v) is 7.38. The Morgan fingerprint density at radius 1 is 1.43 bits per heavy atom. The van der Waals surface area contributed by atoms with Gasteiger partial charge in [-0.15, -0.1) is 0 Å². The van der Waals surface area contributed by atoms with Crippen molar-refractivity contribution in [1.29, 1.82) is 0 Å². The number of rotatable bonds is 4. The molecule has 0 aromatic heterocycles. The highest BCUT2D eigenvalue weighted by atomic mass is 16.5. The van der Waals surface area contributed by atoms with Crippen molar-refractivity contribution in [3.63, 3.8) is 0 Å². The fourth-order valence-corrected chi connectivity index (χ4v) is 2.23. The van der Waals surface area contributed by atoms with Crippen LogP contribution >= 0.6 is 0 Å². The molecule has 1 fully saturated rings. The number of anilines is 1. The maximum Gasteiger partial charge on any atom is 0.249 e. The van der Waals surface area contributed by atoms with Crippen molar-refractivity contribution in [2.45, 2.75) is 45.8 Å². The van der Waals surface area contributed by atoms with Gasteiger partial charge < -0.3 is 15.0 Å². The van der Waals surface area contributed by atoms with Gasteiger partial charge >= 0.3 is 0 Å². The minimum Gasteiger partial charge on any atom is -0.491 e. The smallest absolute Gasteiger partial charge is 0.249 e. The molecule has 0 aliphatic carbocycles. The van der Waals surface area contributed by atoms with Crippen molar-refractivity contribution in [2.75, 3.05) is 11.4 Å². The molecule has 1 saturated heterocycles. The molecule has 0 radical (unpaired) electrons. The van der Waals surface area contributed by atoms with Crippen molar-refractivity contribution in [3.05, 3.63) is 24.3 Å². The second kappa shape index (κ2) is 6.61. The van der Waals surface area contributed by atoms with Crippen LogP contribution in [0.5, 0.6) is 5.75 Å². The molecule has 1 aromatic rings. The summed E-state index contributed by atoms with van der Waals surface area (Å²) in [7, 11) is 0. The number of ether oxygens (including phenoxy) is 1. The number of carbonyl (C=O) groups is 2.